The van der Waals surface area contributed by atoms with Crippen LogP contribution in [0, 0.1) is 5.82 Å². The van der Waals surface area contributed by atoms with Crippen LogP contribution < -0.4 is 10.6 Å². The fourth-order valence-corrected chi connectivity index (χ4v) is 2.20. The molecule has 2 amide bonds. The predicted molar refractivity (Wildman–Crippen MR) is 89.6 cm³/mol. The van der Waals surface area contributed by atoms with E-state index < -0.39 is 0 Å². The Morgan fingerprint density at radius 3 is 2.17 bits per heavy atom. The van der Waals surface area contributed by atoms with Crippen molar-refractivity contribution in [2.45, 2.75) is 6.42 Å². The third-order valence-electron chi connectivity index (χ3n) is 3.12. The smallest absolute Gasteiger partial charge is 0.251 e. The highest BCUT2D eigenvalue weighted by Crippen LogP contribution is 2.10. The van der Waals surface area contributed by atoms with E-state index in [0.717, 1.165) is 10.0 Å². The highest BCUT2D eigenvalue weighted by Gasteiger charge is 2.06. The van der Waals surface area contributed by atoms with E-state index in [9.17, 15) is 14.0 Å². The van der Waals surface area contributed by atoms with Gasteiger partial charge in [0.2, 0.25) is 5.91 Å². The number of rotatable bonds is 6. The first kappa shape index (κ1) is 17.1. The Morgan fingerprint density at radius 1 is 0.913 bits per heavy atom. The van der Waals surface area contributed by atoms with Gasteiger partial charge in [0.1, 0.15) is 5.82 Å². The van der Waals surface area contributed by atoms with E-state index in [1.807, 2.05) is 0 Å². The lowest BCUT2D eigenvalue weighted by Crippen LogP contribution is -2.35. The van der Waals surface area contributed by atoms with Crippen LogP contribution in [0.5, 0.6) is 0 Å². The molecule has 2 rings (SSSR count). The summed E-state index contributed by atoms with van der Waals surface area (Å²) in [5.74, 6) is -0.690. The largest absolute Gasteiger partial charge is 0.354 e. The summed E-state index contributed by atoms with van der Waals surface area (Å²) >= 11 is 3.31. The van der Waals surface area contributed by atoms with E-state index in [2.05, 4.69) is 26.6 Å². The minimum absolute atomic E-state index is 0.172. The molecule has 0 spiro atoms. The molecule has 6 heteroatoms. The summed E-state index contributed by atoms with van der Waals surface area (Å²) in [7, 11) is 0. The molecule has 0 aliphatic heterocycles. The van der Waals surface area contributed by atoms with Crippen molar-refractivity contribution in [1.29, 1.82) is 0 Å². The lowest BCUT2D eigenvalue weighted by Gasteiger charge is -2.07. The summed E-state index contributed by atoms with van der Waals surface area (Å²) in [5, 5.41) is 5.43. The van der Waals surface area contributed by atoms with Gasteiger partial charge in [-0.25, -0.2) is 4.39 Å². The molecule has 2 N–H and O–H groups in total. The van der Waals surface area contributed by atoms with E-state index >= 15 is 0 Å². The first-order valence-corrected chi connectivity index (χ1v) is 7.89. The van der Waals surface area contributed by atoms with Crippen LogP contribution in [0.4, 0.5) is 4.39 Å². The molecule has 0 saturated carbocycles. The van der Waals surface area contributed by atoms with Crippen LogP contribution >= 0.6 is 15.9 Å². The van der Waals surface area contributed by atoms with Gasteiger partial charge in [0.05, 0.1) is 6.42 Å². The molecule has 2 aromatic carbocycles. The number of amides is 2. The van der Waals surface area contributed by atoms with E-state index in [0.29, 0.717) is 18.7 Å². The van der Waals surface area contributed by atoms with Gasteiger partial charge in [-0.05, 0) is 42.0 Å². The van der Waals surface area contributed by atoms with E-state index in [1.54, 1.807) is 36.4 Å². The number of hydrogen-bond acceptors (Lipinski definition) is 2. The van der Waals surface area contributed by atoms with Crippen LogP contribution in [0.15, 0.2) is 53.0 Å². The van der Waals surface area contributed by atoms with Gasteiger partial charge >= 0.3 is 0 Å². The summed E-state index contributed by atoms with van der Waals surface area (Å²) in [4.78, 5) is 23.6. The minimum atomic E-state index is -0.329. The topological polar surface area (TPSA) is 58.2 Å². The molecule has 0 unspecified atom stereocenters. The van der Waals surface area contributed by atoms with Crippen LogP contribution in [-0.4, -0.2) is 24.9 Å². The Hall–Kier alpha value is -2.21. The second-order valence-corrected chi connectivity index (χ2v) is 5.83. The molecule has 23 heavy (non-hydrogen) atoms. The van der Waals surface area contributed by atoms with Gasteiger partial charge in [0.15, 0.2) is 0 Å². The number of nitrogens with one attached hydrogen (secondary N) is 2. The van der Waals surface area contributed by atoms with Crippen molar-refractivity contribution in [3.8, 4) is 0 Å². The normalized spacial score (nSPS) is 10.2. The fraction of sp³-hybridized carbons (Fsp3) is 0.176. The molecule has 0 aliphatic rings. The van der Waals surface area contributed by atoms with E-state index in [1.165, 1.54) is 12.1 Å². The lowest BCUT2D eigenvalue weighted by atomic mass is 10.1. The molecule has 0 radical (unpaired) electrons. The van der Waals surface area contributed by atoms with Crippen molar-refractivity contribution in [3.63, 3.8) is 0 Å². The SMILES string of the molecule is O=C(Cc1ccc(F)cc1)NCCNC(=O)c1ccc(Br)cc1. The maximum Gasteiger partial charge on any atom is 0.251 e. The van der Waals surface area contributed by atoms with Crippen molar-refractivity contribution >= 4 is 27.7 Å². The molecule has 0 aliphatic carbocycles. The zero-order valence-corrected chi connectivity index (χ0v) is 13.9. The second kappa shape index (κ2) is 8.43. The third kappa shape index (κ3) is 5.83. The van der Waals surface area contributed by atoms with E-state index in [4.69, 9.17) is 0 Å². The molecular formula is C17H16BrFN2O2. The van der Waals surface area contributed by atoms with Gasteiger partial charge in [0, 0.05) is 23.1 Å². The van der Waals surface area contributed by atoms with Crippen molar-refractivity contribution in [2.75, 3.05) is 13.1 Å². The van der Waals surface area contributed by atoms with Crippen LogP contribution in [-0.2, 0) is 11.2 Å². The number of benzene rings is 2. The number of halogens is 2. The number of carbonyl (C=O) groups excluding carboxylic acids is 2. The summed E-state index contributed by atoms with van der Waals surface area (Å²) in [6.07, 6.45) is 0.181. The first-order chi connectivity index (χ1) is 11.0. The highest BCUT2D eigenvalue weighted by atomic mass is 79.9. The monoisotopic (exact) mass is 378 g/mol. The summed E-state index contributed by atoms with van der Waals surface area (Å²) in [6.45, 7) is 0.673. The van der Waals surface area contributed by atoms with Gasteiger partial charge in [-0.2, -0.15) is 0 Å². The van der Waals surface area contributed by atoms with Gasteiger partial charge in [0.25, 0.3) is 5.91 Å². The minimum Gasteiger partial charge on any atom is -0.354 e. The summed E-state index contributed by atoms with van der Waals surface area (Å²) < 4.78 is 13.7. The molecule has 2 aromatic rings. The fourth-order valence-electron chi connectivity index (χ4n) is 1.93. The third-order valence-corrected chi connectivity index (χ3v) is 3.65. The average Bonchev–Trinajstić information content (AvgIpc) is 2.54. The van der Waals surface area contributed by atoms with Crippen LogP contribution in [0.3, 0.4) is 0 Å². The second-order valence-electron chi connectivity index (χ2n) is 4.92. The Morgan fingerprint density at radius 2 is 1.52 bits per heavy atom. The molecule has 0 saturated heterocycles. The van der Waals surface area contributed by atoms with Crippen LogP contribution in [0.2, 0.25) is 0 Å². The summed E-state index contributed by atoms with van der Waals surface area (Å²) in [5.41, 5.74) is 1.30. The van der Waals surface area contributed by atoms with Crippen LogP contribution in [0.25, 0.3) is 0 Å². The highest BCUT2D eigenvalue weighted by molar-refractivity contribution is 9.10. The number of carbonyl (C=O) groups is 2. The molecule has 0 heterocycles. The lowest BCUT2D eigenvalue weighted by molar-refractivity contribution is -0.120. The maximum atomic E-state index is 12.8. The van der Waals surface area contributed by atoms with Gasteiger partial charge in [-0.1, -0.05) is 28.1 Å². The Bertz CT molecular complexity index is 672. The van der Waals surface area contributed by atoms with Crippen molar-refractivity contribution in [2.24, 2.45) is 0 Å². The first-order valence-electron chi connectivity index (χ1n) is 7.09. The molecule has 0 aromatic heterocycles. The van der Waals surface area contributed by atoms with Crippen molar-refractivity contribution in [3.05, 3.63) is 69.9 Å². The molecule has 0 bridgehead atoms. The van der Waals surface area contributed by atoms with Gasteiger partial charge in [-0.15, -0.1) is 0 Å². The Kier molecular flexibility index (Phi) is 6.29. The van der Waals surface area contributed by atoms with Crippen molar-refractivity contribution in [1.82, 2.24) is 10.6 Å². The summed E-state index contributed by atoms with van der Waals surface area (Å²) in [6, 6.07) is 12.8. The Labute approximate surface area is 142 Å². The zero-order chi connectivity index (χ0) is 16.7. The van der Waals surface area contributed by atoms with E-state index in [-0.39, 0.29) is 24.1 Å². The predicted octanol–water partition coefficient (Wildman–Crippen LogP) is 2.68. The maximum absolute atomic E-state index is 12.8. The zero-order valence-electron chi connectivity index (χ0n) is 12.3. The molecule has 120 valence electrons. The molecular weight excluding hydrogens is 363 g/mol. The standard InChI is InChI=1S/C17H16BrFN2O2/c18-14-5-3-13(4-6-14)17(23)21-10-9-20-16(22)11-12-1-7-15(19)8-2-12/h1-8H,9-11H2,(H,20,22)(H,21,23). The molecule has 4 nitrogen and oxygen atoms in total. The molecule has 0 fully saturated rings. The van der Waals surface area contributed by atoms with Crippen LogP contribution in [0.1, 0.15) is 15.9 Å². The van der Waals surface area contributed by atoms with Gasteiger partial charge in [-0.3, -0.25) is 9.59 Å². The molecule has 0 atom stereocenters. The number of hydrogen-bond donors (Lipinski definition) is 2. The quantitative estimate of drug-likeness (QED) is 0.759. The van der Waals surface area contributed by atoms with Crippen molar-refractivity contribution < 1.29 is 14.0 Å². The van der Waals surface area contributed by atoms with Gasteiger partial charge < -0.3 is 10.6 Å². The average molecular weight is 379 g/mol. The Balaban J connectivity index is 1.68.